The Balaban J connectivity index is 2.15. The van der Waals surface area contributed by atoms with Crippen LogP contribution in [0.3, 0.4) is 0 Å². The lowest BCUT2D eigenvalue weighted by Crippen LogP contribution is -2.27. The number of nitrogens with zero attached hydrogens (tertiary/aromatic N) is 2. The second kappa shape index (κ2) is 9.77. The van der Waals surface area contributed by atoms with Gasteiger partial charge in [-0.15, -0.1) is 0 Å². The molecule has 0 spiro atoms. The predicted molar refractivity (Wildman–Crippen MR) is 102 cm³/mol. The van der Waals surface area contributed by atoms with Gasteiger partial charge in [0.15, 0.2) is 5.16 Å². The zero-order valence-corrected chi connectivity index (χ0v) is 16.7. The zero-order chi connectivity index (χ0) is 20.7. The molecule has 1 aromatic carbocycles. The van der Waals surface area contributed by atoms with E-state index in [0.29, 0.717) is 23.8 Å². The van der Waals surface area contributed by atoms with Crippen LogP contribution >= 0.6 is 11.8 Å². The van der Waals surface area contributed by atoms with Gasteiger partial charge >= 0.3 is 6.18 Å². The Bertz CT molecular complexity index is 796. The Kier molecular flexibility index (Phi) is 7.68. The molecule has 0 saturated carbocycles. The number of thioether (sulfide) groups is 1. The molecule has 0 aliphatic rings. The van der Waals surface area contributed by atoms with E-state index in [2.05, 4.69) is 15.3 Å². The minimum atomic E-state index is -4.59. The minimum Gasteiger partial charge on any atom is -0.497 e. The van der Waals surface area contributed by atoms with Crippen molar-refractivity contribution in [1.82, 2.24) is 15.3 Å². The van der Waals surface area contributed by atoms with Crippen LogP contribution in [0.15, 0.2) is 35.5 Å². The van der Waals surface area contributed by atoms with E-state index in [1.54, 1.807) is 24.3 Å². The monoisotopic (exact) mass is 413 g/mol. The number of carbonyl (C=O) groups excluding carboxylic acids is 1. The average Bonchev–Trinajstić information content (AvgIpc) is 2.65. The van der Waals surface area contributed by atoms with Gasteiger partial charge in [-0.05, 0) is 36.2 Å². The average molecular weight is 413 g/mol. The number of ether oxygens (including phenoxy) is 1. The summed E-state index contributed by atoms with van der Waals surface area (Å²) in [5.41, 5.74) is -0.331. The molecule has 0 fully saturated rings. The maximum atomic E-state index is 13.2. The van der Waals surface area contributed by atoms with E-state index in [1.165, 1.54) is 7.11 Å². The lowest BCUT2D eigenvalue weighted by molar-refractivity contribution is -0.141. The Labute approximate surface area is 166 Å². The number of nitrogens with one attached hydrogen (secondary N) is 1. The summed E-state index contributed by atoms with van der Waals surface area (Å²) in [6, 6.07) is 7.48. The van der Waals surface area contributed by atoms with Gasteiger partial charge in [-0.2, -0.15) is 13.2 Å². The number of amides is 1. The van der Waals surface area contributed by atoms with E-state index >= 15 is 0 Å². The van der Waals surface area contributed by atoms with Crippen molar-refractivity contribution in [3.8, 4) is 17.0 Å². The number of hydrogen-bond acceptors (Lipinski definition) is 5. The fourth-order valence-electron chi connectivity index (χ4n) is 2.19. The molecule has 2 rings (SSSR count). The Morgan fingerprint density at radius 1 is 1.21 bits per heavy atom. The minimum absolute atomic E-state index is 0.0164. The van der Waals surface area contributed by atoms with Crippen LogP contribution in [-0.4, -0.2) is 35.3 Å². The summed E-state index contributed by atoms with van der Waals surface area (Å²) in [6.45, 7) is 4.52. The summed E-state index contributed by atoms with van der Waals surface area (Å²) in [7, 11) is 1.51. The molecule has 0 unspecified atom stereocenters. The van der Waals surface area contributed by atoms with E-state index in [9.17, 15) is 18.0 Å². The maximum Gasteiger partial charge on any atom is 0.433 e. The lowest BCUT2D eigenvalue weighted by Gasteiger charge is -2.11. The molecule has 0 atom stereocenters. The van der Waals surface area contributed by atoms with Crippen molar-refractivity contribution in [1.29, 1.82) is 0 Å². The number of hydrogen-bond donors (Lipinski definition) is 1. The molecular formula is C19H22F3N3O2S. The van der Waals surface area contributed by atoms with Gasteiger partial charge in [-0.25, -0.2) is 9.97 Å². The normalized spacial score (nSPS) is 11.5. The Hall–Kier alpha value is -2.29. The van der Waals surface area contributed by atoms with Gasteiger partial charge in [-0.1, -0.05) is 25.6 Å². The summed E-state index contributed by atoms with van der Waals surface area (Å²) in [4.78, 5) is 19.6. The molecule has 5 nitrogen and oxygen atoms in total. The predicted octanol–water partition coefficient (Wildman–Crippen LogP) is 4.43. The first kappa shape index (κ1) is 22.0. The van der Waals surface area contributed by atoms with E-state index in [1.807, 2.05) is 13.8 Å². The van der Waals surface area contributed by atoms with E-state index in [4.69, 9.17) is 4.74 Å². The molecule has 1 heterocycles. The number of alkyl halides is 3. The molecule has 1 N–H and O–H groups in total. The number of methoxy groups -OCH3 is 1. The smallest absolute Gasteiger partial charge is 0.433 e. The van der Waals surface area contributed by atoms with Gasteiger partial charge in [0.25, 0.3) is 0 Å². The summed E-state index contributed by atoms with van der Waals surface area (Å²) in [5, 5.41) is 2.75. The van der Waals surface area contributed by atoms with Gasteiger partial charge in [-0.3, -0.25) is 4.79 Å². The van der Waals surface area contributed by atoms with Crippen molar-refractivity contribution in [2.24, 2.45) is 5.92 Å². The van der Waals surface area contributed by atoms with Crippen LogP contribution in [-0.2, 0) is 11.0 Å². The van der Waals surface area contributed by atoms with E-state index in [0.717, 1.165) is 17.8 Å². The van der Waals surface area contributed by atoms with Crippen molar-refractivity contribution in [3.63, 3.8) is 0 Å². The summed E-state index contributed by atoms with van der Waals surface area (Å²) < 4.78 is 44.7. The molecule has 0 aliphatic heterocycles. The topological polar surface area (TPSA) is 64.1 Å². The molecule has 0 radical (unpaired) electrons. The molecule has 28 heavy (non-hydrogen) atoms. The number of aromatic nitrogens is 2. The van der Waals surface area contributed by atoms with Crippen LogP contribution in [0.2, 0.25) is 0 Å². The third kappa shape index (κ3) is 6.70. The highest BCUT2D eigenvalue weighted by Gasteiger charge is 2.33. The van der Waals surface area contributed by atoms with Crippen LogP contribution in [0, 0.1) is 5.92 Å². The van der Waals surface area contributed by atoms with E-state index in [-0.39, 0.29) is 28.9 Å². The van der Waals surface area contributed by atoms with Crippen molar-refractivity contribution in [2.75, 3.05) is 19.4 Å². The number of carbonyl (C=O) groups is 1. The summed E-state index contributed by atoms with van der Waals surface area (Å²) in [5.74, 6) is 1.06. The number of benzene rings is 1. The van der Waals surface area contributed by atoms with Gasteiger partial charge in [0.2, 0.25) is 5.91 Å². The first-order valence-electron chi connectivity index (χ1n) is 8.69. The largest absolute Gasteiger partial charge is 0.497 e. The van der Waals surface area contributed by atoms with Crippen molar-refractivity contribution in [3.05, 3.63) is 36.0 Å². The van der Waals surface area contributed by atoms with Crippen molar-refractivity contribution >= 4 is 17.7 Å². The first-order chi connectivity index (χ1) is 13.2. The van der Waals surface area contributed by atoms with E-state index < -0.39 is 11.9 Å². The molecule has 0 saturated heterocycles. The molecule has 1 amide bonds. The third-order valence-corrected chi connectivity index (χ3v) is 4.50. The highest BCUT2D eigenvalue weighted by molar-refractivity contribution is 7.99. The summed E-state index contributed by atoms with van der Waals surface area (Å²) >= 11 is 1.02. The molecule has 9 heteroatoms. The second-order valence-electron chi connectivity index (χ2n) is 6.44. The fraction of sp³-hybridized carbons (Fsp3) is 0.421. The maximum absolute atomic E-state index is 13.2. The number of halogens is 3. The van der Waals surface area contributed by atoms with Crippen LogP contribution in [0.25, 0.3) is 11.3 Å². The lowest BCUT2D eigenvalue weighted by atomic mass is 10.1. The van der Waals surface area contributed by atoms with Crippen LogP contribution < -0.4 is 10.1 Å². The molecular weight excluding hydrogens is 391 g/mol. The fourth-order valence-corrected chi connectivity index (χ4v) is 2.98. The van der Waals surface area contributed by atoms with Crippen LogP contribution in [0.5, 0.6) is 5.75 Å². The van der Waals surface area contributed by atoms with Crippen LogP contribution in [0.1, 0.15) is 26.0 Å². The van der Waals surface area contributed by atoms with Crippen molar-refractivity contribution < 1.29 is 22.7 Å². The number of rotatable bonds is 8. The molecule has 1 aromatic heterocycles. The van der Waals surface area contributed by atoms with Gasteiger partial charge < -0.3 is 10.1 Å². The summed E-state index contributed by atoms with van der Waals surface area (Å²) in [6.07, 6.45) is -4.41. The molecule has 152 valence electrons. The van der Waals surface area contributed by atoms with Crippen molar-refractivity contribution in [2.45, 2.75) is 31.6 Å². The molecule has 0 aliphatic carbocycles. The van der Waals surface area contributed by atoms with Gasteiger partial charge in [0.1, 0.15) is 11.4 Å². The van der Waals surface area contributed by atoms with Gasteiger partial charge in [0.05, 0.1) is 12.8 Å². The third-order valence-electron chi connectivity index (χ3n) is 3.65. The molecule has 0 bridgehead atoms. The second-order valence-corrected chi connectivity index (χ2v) is 7.51. The SMILES string of the molecule is COc1ccc(-c2cc(C(F)(F)F)nc(SCCC(=O)NCC(C)C)n2)cc1. The quantitative estimate of drug-likeness (QED) is 0.513. The molecule has 2 aromatic rings. The van der Waals surface area contributed by atoms with Crippen LogP contribution in [0.4, 0.5) is 13.2 Å². The Morgan fingerprint density at radius 3 is 2.46 bits per heavy atom. The zero-order valence-electron chi connectivity index (χ0n) is 15.8. The highest BCUT2D eigenvalue weighted by atomic mass is 32.2. The Morgan fingerprint density at radius 2 is 1.89 bits per heavy atom. The first-order valence-corrected chi connectivity index (χ1v) is 9.68. The van der Waals surface area contributed by atoms with Gasteiger partial charge in [0, 0.05) is 24.3 Å². The standard InChI is InChI=1S/C19H22F3N3O2S/c1-12(2)11-23-17(26)8-9-28-18-24-15(10-16(25-18)19(20,21)22)13-4-6-14(27-3)7-5-13/h4-7,10,12H,8-9,11H2,1-3H3,(H,23,26). The highest BCUT2D eigenvalue weighted by Crippen LogP contribution is 2.32.